The van der Waals surface area contributed by atoms with Gasteiger partial charge < -0.3 is 26.0 Å². The van der Waals surface area contributed by atoms with Gasteiger partial charge in [0.05, 0.1) is 12.5 Å². The molecule has 39 heavy (non-hydrogen) atoms. The van der Waals surface area contributed by atoms with Gasteiger partial charge in [-0.2, -0.15) is 0 Å². The third-order valence-corrected chi connectivity index (χ3v) is 6.77. The molecule has 1 aliphatic heterocycles. The highest BCUT2D eigenvalue weighted by Crippen LogP contribution is 2.33. The first-order valence-electron chi connectivity index (χ1n) is 12.9. The van der Waals surface area contributed by atoms with Gasteiger partial charge in [0.2, 0.25) is 11.9 Å². The number of aromatic nitrogens is 4. The molecule has 0 saturated carbocycles. The van der Waals surface area contributed by atoms with E-state index in [0.717, 1.165) is 24.9 Å². The van der Waals surface area contributed by atoms with Crippen LogP contribution in [0.25, 0.3) is 16.8 Å². The third-order valence-electron chi connectivity index (χ3n) is 6.77. The van der Waals surface area contributed by atoms with Crippen LogP contribution in [0, 0.1) is 5.92 Å². The van der Waals surface area contributed by atoms with Crippen LogP contribution in [0.1, 0.15) is 30.1 Å². The van der Waals surface area contributed by atoms with E-state index in [2.05, 4.69) is 25.5 Å². The summed E-state index contributed by atoms with van der Waals surface area (Å²) in [6, 6.07) is 12.4. The molecule has 1 aliphatic rings. The Balaban J connectivity index is 1.40. The lowest BCUT2D eigenvalue weighted by Gasteiger charge is -2.32. The monoisotopic (exact) mass is 528 g/mol. The molecule has 202 valence electrons. The quantitative estimate of drug-likeness (QED) is 0.317. The van der Waals surface area contributed by atoms with E-state index in [1.165, 1.54) is 0 Å². The second kappa shape index (κ2) is 11.5. The van der Waals surface area contributed by atoms with Crippen LogP contribution >= 0.6 is 0 Å². The number of anilines is 3. The van der Waals surface area contributed by atoms with Gasteiger partial charge >= 0.3 is 0 Å². The van der Waals surface area contributed by atoms with Crippen molar-refractivity contribution in [1.29, 1.82) is 0 Å². The second-order valence-corrected chi connectivity index (χ2v) is 9.69. The first-order chi connectivity index (χ1) is 18.9. The highest BCUT2D eigenvalue weighted by Gasteiger charge is 2.30. The molecule has 4 aromatic rings. The number of fused-ring (bicyclic) bond motifs is 1. The van der Waals surface area contributed by atoms with Gasteiger partial charge in [0.15, 0.2) is 0 Å². The summed E-state index contributed by atoms with van der Waals surface area (Å²) in [7, 11) is 1.62. The fourth-order valence-electron chi connectivity index (χ4n) is 4.90. The molecule has 1 aromatic carbocycles. The molecule has 0 radical (unpaired) electrons. The van der Waals surface area contributed by atoms with Crippen molar-refractivity contribution in [2.24, 2.45) is 5.92 Å². The first kappa shape index (κ1) is 26.1. The van der Waals surface area contributed by atoms with Crippen molar-refractivity contribution < 1.29 is 14.3 Å². The van der Waals surface area contributed by atoms with Gasteiger partial charge in [-0.15, -0.1) is 0 Å². The lowest BCUT2D eigenvalue weighted by Crippen LogP contribution is -2.46. The molecule has 0 bridgehead atoms. The average molecular weight is 529 g/mol. The fourth-order valence-corrected chi connectivity index (χ4v) is 4.90. The van der Waals surface area contributed by atoms with E-state index < -0.39 is 0 Å². The minimum atomic E-state index is -0.255. The van der Waals surface area contributed by atoms with E-state index in [0.29, 0.717) is 47.5 Å². The Morgan fingerprint density at radius 2 is 1.97 bits per heavy atom. The van der Waals surface area contributed by atoms with Gasteiger partial charge in [-0.1, -0.05) is 18.2 Å². The maximum absolute atomic E-state index is 12.9. The Bertz CT molecular complexity index is 1460. The van der Waals surface area contributed by atoms with Crippen molar-refractivity contribution in [2.75, 3.05) is 42.8 Å². The van der Waals surface area contributed by atoms with Crippen molar-refractivity contribution in [3.05, 3.63) is 66.6 Å². The molecule has 1 saturated heterocycles. The van der Waals surface area contributed by atoms with Gasteiger partial charge in [0.25, 0.3) is 5.91 Å². The molecule has 2 atom stereocenters. The number of nitrogens with zero attached hydrogens (tertiary/aromatic N) is 5. The summed E-state index contributed by atoms with van der Waals surface area (Å²) >= 11 is 0. The minimum Gasteiger partial charge on any atom is -0.383 e. The number of rotatable bonds is 8. The number of carbonyl (C=O) groups excluding carboxylic acids is 2. The topological polar surface area (TPSA) is 140 Å². The summed E-state index contributed by atoms with van der Waals surface area (Å²) in [5.74, 6) is 1.14. The van der Waals surface area contributed by atoms with E-state index in [1.807, 2.05) is 35.7 Å². The van der Waals surface area contributed by atoms with E-state index >= 15 is 0 Å². The van der Waals surface area contributed by atoms with Crippen LogP contribution in [-0.2, 0) is 9.53 Å². The molecular weight excluding hydrogens is 496 g/mol. The van der Waals surface area contributed by atoms with Crippen LogP contribution in [0.4, 0.5) is 17.6 Å². The van der Waals surface area contributed by atoms with E-state index in [9.17, 15) is 9.59 Å². The van der Waals surface area contributed by atoms with Crippen molar-refractivity contribution in [3.63, 3.8) is 0 Å². The largest absolute Gasteiger partial charge is 0.383 e. The molecule has 11 nitrogen and oxygen atoms in total. The number of methoxy groups -OCH3 is 1. The summed E-state index contributed by atoms with van der Waals surface area (Å²) in [6.45, 7) is 3.70. The number of nitrogen functional groups attached to an aromatic ring is 1. The molecule has 4 heterocycles. The lowest BCUT2D eigenvalue weighted by molar-refractivity contribution is -0.126. The number of imidazole rings is 1. The predicted octanol–water partition coefficient (Wildman–Crippen LogP) is 2.99. The molecule has 0 aliphatic carbocycles. The maximum atomic E-state index is 12.9. The summed E-state index contributed by atoms with van der Waals surface area (Å²) in [5.41, 5.74) is 8.95. The maximum Gasteiger partial charge on any atom is 0.256 e. The van der Waals surface area contributed by atoms with Crippen LogP contribution in [-0.4, -0.2) is 64.0 Å². The number of hydrogen-bond donors (Lipinski definition) is 3. The standard InChI is InChI=1S/C28H32N8O3/c1-18(17-39-2)32-27(38)21-6-5-14-35(16-21)28-34-23(24-25(29)31-13-15-36(24)28)19-8-10-20(11-9-19)26(37)33-22-7-3-4-12-30-22/h3-4,7-13,15,18,21H,5-6,14,16-17H2,1-2H3,(H2,29,31)(H,32,38)(H,30,33,37). The number of nitrogens with one attached hydrogen (secondary N) is 2. The van der Waals surface area contributed by atoms with Crippen molar-refractivity contribution in [1.82, 2.24) is 24.7 Å². The average Bonchev–Trinajstić information content (AvgIpc) is 3.35. The van der Waals surface area contributed by atoms with Crippen molar-refractivity contribution >= 4 is 34.9 Å². The molecule has 5 rings (SSSR count). The minimum absolute atomic E-state index is 0.0195. The SMILES string of the molecule is COCC(C)NC(=O)C1CCCN(c2nc(-c3ccc(C(=O)Nc4ccccn4)cc3)c3c(N)nccn23)C1. The number of piperidine rings is 1. The normalized spacial score (nSPS) is 16.2. The molecule has 1 fully saturated rings. The molecule has 0 spiro atoms. The smallest absolute Gasteiger partial charge is 0.256 e. The Morgan fingerprint density at radius 3 is 2.72 bits per heavy atom. The zero-order chi connectivity index (χ0) is 27.4. The van der Waals surface area contributed by atoms with Crippen LogP contribution in [0.15, 0.2) is 61.1 Å². The number of ether oxygens (including phenoxy) is 1. The summed E-state index contributed by atoms with van der Waals surface area (Å²) < 4.78 is 7.08. The van der Waals surface area contributed by atoms with E-state index in [1.54, 1.807) is 43.8 Å². The predicted molar refractivity (Wildman–Crippen MR) is 149 cm³/mol. The zero-order valence-corrected chi connectivity index (χ0v) is 22.0. The van der Waals surface area contributed by atoms with Gasteiger partial charge in [0.1, 0.15) is 22.8 Å². The Hall–Kier alpha value is -4.51. The fraction of sp³-hybridized carbons (Fsp3) is 0.321. The van der Waals surface area contributed by atoms with Crippen LogP contribution in [0.3, 0.4) is 0 Å². The molecule has 4 N–H and O–H groups in total. The molecule has 2 amide bonds. The summed E-state index contributed by atoms with van der Waals surface area (Å²) in [5, 5.41) is 5.83. The number of nitrogens with two attached hydrogens (primary N) is 1. The first-order valence-corrected chi connectivity index (χ1v) is 12.9. The van der Waals surface area contributed by atoms with Crippen LogP contribution in [0.2, 0.25) is 0 Å². The van der Waals surface area contributed by atoms with Crippen LogP contribution < -0.4 is 21.3 Å². The van der Waals surface area contributed by atoms with E-state index in [4.69, 9.17) is 15.5 Å². The number of benzene rings is 1. The highest BCUT2D eigenvalue weighted by molar-refractivity contribution is 6.04. The van der Waals surface area contributed by atoms with Gasteiger partial charge in [-0.05, 0) is 44.0 Å². The number of pyridine rings is 1. The number of carbonyl (C=O) groups is 2. The Morgan fingerprint density at radius 1 is 1.15 bits per heavy atom. The molecule has 11 heteroatoms. The Kier molecular flexibility index (Phi) is 7.69. The second-order valence-electron chi connectivity index (χ2n) is 9.69. The van der Waals surface area contributed by atoms with Gasteiger partial charge in [-0.3, -0.25) is 14.0 Å². The van der Waals surface area contributed by atoms with Crippen molar-refractivity contribution in [2.45, 2.75) is 25.8 Å². The van der Waals surface area contributed by atoms with Crippen molar-refractivity contribution in [3.8, 4) is 11.3 Å². The summed E-state index contributed by atoms with van der Waals surface area (Å²) in [6.07, 6.45) is 6.77. The zero-order valence-electron chi connectivity index (χ0n) is 22.0. The highest BCUT2D eigenvalue weighted by atomic mass is 16.5. The molecule has 3 aromatic heterocycles. The third kappa shape index (κ3) is 5.68. The Labute approximate surface area is 226 Å². The van der Waals surface area contributed by atoms with Gasteiger partial charge in [0, 0.05) is 56.0 Å². The summed E-state index contributed by atoms with van der Waals surface area (Å²) in [4.78, 5) is 41.1. The molecular formula is C28H32N8O3. The number of hydrogen-bond acceptors (Lipinski definition) is 8. The van der Waals surface area contributed by atoms with Crippen LogP contribution in [0.5, 0.6) is 0 Å². The van der Waals surface area contributed by atoms with E-state index in [-0.39, 0.29) is 23.8 Å². The lowest BCUT2D eigenvalue weighted by atomic mass is 9.97. The molecule has 2 unspecified atom stereocenters. The number of amides is 2. The van der Waals surface area contributed by atoms with Gasteiger partial charge in [-0.25, -0.2) is 15.0 Å².